The molecule has 0 saturated heterocycles. The predicted molar refractivity (Wildman–Crippen MR) is 89.3 cm³/mol. The molecule has 0 spiro atoms. The zero-order chi connectivity index (χ0) is 17.2. The lowest BCUT2D eigenvalue weighted by molar-refractivity contribution is -0.161. The highest BCUT2D eigenvalue weighted by Crippen LogP contribution is 2.38. The summed E-state index contributed by atoms with van der Waals surface area (Å²) in [5.41, 5.74) is 7.13. The molecule has 1 heterocycles. The first-order valence-corrected chi connectivity index (χ1v) is 8.47. The highest BCUT2D eigenvalue weighted by Gasteiger charge is 2.44. The highest BCUT2D eigenvalue weighted by atomic mass is 16.4. The van der Waals surface area contributed by atoms with Crippen molar-refractivity contribution in [3.8, 4) is 0 Å². The number of nitrogens with two attached hydrogens (primary N) is 1. The first kappa shape index (κ1) is 17.9. The number of fused-ring (bicyclic) bond motifs is 1. The van der Waals surface area contributed by atoms with Crippen LogP contribution in [-0.2, 0) is 17.6 Å². The monoisotopic (exact) mass is 320 g/mol. The minimum atomic E-state index is -1.98. The maximum Gasteiger partial charge on any atom is 0.337 e. The van der Waals surface area contributed by atoms with Crippen molar-refractivity contribution in [3.05, 3.63) is 29.1 Å². The Bertz CT molecular complexity index is 573. The van der Waals surface area contributed by atoms with Crippen molar-refractivity contribution < 1.29 is 15.0 Å². The van der Waals surface area contributed by atoms with E-state index in [-0.39, 0.29) is 12.3 Å². The van der Waals surface area contributed by atoms with Gasteiger partial charge in [-0.1, -0.05) is 20.8 Å². The van der Waals surface area contributed by atoms with Crippen molar-refractivity contribution in [3.63, 3.8) is 0 Å². The molecule has 1 aromatic heterocycles. The van der Waals surface area contributed by atoms with Crippen molar-refractivity contribution in [1.29, 1.82) is 0 Å². The summed E-state index contributed by atoms with van der Waals surface area (Å²) in [7, 11) is 0. The minimum Gasteiger partial charge on any atom is -0.479 e. The molecule has 0 fully saturated rings. The minimum absolute atomic E-state index is 0.0319. The molecular weight excluding hydrogens is 292 g/mol. The van der Waals surface area contributed by atoms with Gasteiger partial charge in [0.1, 0.15) is 0 Å². The molecule has 128 valence electrons. The largest absolute Gasteiger partial charge is 0.479 e. The molecule has 1 aromatic rings. The van der Waals surface area contributed by atoms with E-state index in [4.69, 9.17) is 5.73 Å². The number of carboxylic acid groups (broad SMARTS) is 1. The van der Waals surface area contributed by atoms with E-state index in [9.17, 15) is 15.0 Å². The number of hydrogen-bond acceptors (Lipinski definition) is 4. The van der Waals surface area contributed by atoms with Crippen LogP contribution in [0.1, 0.15) is 62.8 Å². The fourth-order valence-corrected chi connectivity index (χ4v) is 3.62. The number of rotatable bonds is 7. The lowest BCUT2D eigenvalue weighted by Gasteiger charge is -2.31. The number of aliphatic carboxylic acids is 1. The topological polar surface area (TPSA) is 96.4 Å². The normalized spacial score (nSPS) is 21.0. The van der Waals surface area contributed by atoms with E-state index in [1.54, 1.807) is 6.20 Å². The summed E-state index contributed by atoms with van der Waals surface area (Å²) >= 11 is 0. The summed E-state index contributed by atoms with van der Waals surface area (Å²) in [6, 6.07) is 1.18. The molecule has 23 heavy (non-hydrogen) atoms. The van der Waals surface area contributed by atoms with E-state index in [1.165, 1.54) is 5.56 Å². The number of hydrogen-bond donors (Lipinski definition) is 3. The molecule has 0 radical (unpaired) electrons. The van der Waals surface area contributed by atoms with Crippen LogP contribution < -0.4 is 5.73 Å². The molecule has 5 nitrogen and oxygen atoms in total. The maximum atomic E-state index is 11.7. The Labute approximate surface area is 137 Å². The van der Waals surface area contributed by atoms with Crippen LogP contribution in [0, 0.1) is 5.92 Å². The van der Waals surface area contributed by atoms with E-state index in [1.807, 2.05) is 19.9 Å². The number of carboxylic acids is 1. The number of pyridine rings is 1. The van der Waals surface area contributed by atoms with Crippen LogP contribution in [0.5, 0.6) is 0 Å². The van der Waals surface area contributed by atoms with Gasteiger partial charge in [-0.15, -0.1) is 0 Å². The second-order valence-corrected chi connectivity index (χ2v) is 7.12. The lowest BCUT2D eigenvalue weighted by atomic mass is 9.82. The van der Waals surface area contributed by atoms with Crippen molar-refractivity contribution in [2.75, 3.05) is 0 Å². The molecule has 1 aliphatic carbocycles. The van der Waals surface area contributed by atoms with E-state index in [2.05, 4.69) is 11.9 Å². The second kappa shape index (κ2) is 6.97. The van der Waals surface area contributed by atoms with Crippen molar-refractivity contribution in [2.45, 2.75) is 70.4 Å². The van der Waals surface area contributed by atoms with Gasteiger partial charge >= 0.3 is 5.97 Å². The zero-order valence-corrected chi connectivity index (χ0v) is 14.2. The van der Waals surface area contributed by atoms with Crippen LogP contribution in [0.4, 0.5) is 0 Å². The molecule has 0 bridgehead atoms. The molecule has 1 aliphatic rings. The standard InChI is InChI=1S/C18H28N2O3/c1-4-12-5-6-13-7-8-20-14(16(12)13)10-18(23,17(21)22)15(19)9-11(2)3/h7-8,11-12,15,23H,4-6,9-10,19H2,1-3H3,(H,21,22)/t12?,15-,18+/m0/s1. The third kappa shape index (κ3) is 3.56. The number of nitrogens with zero attached hydrogens (tertiary/aromatic N) is 1. The van der Waals surface area contributed by atoms with Crippen molar-refractivity contribution in [1.82, 2.24) is 4.98 Å². The van der Waals surface area contributed by atoms with E-state index < -0.39 is 17.6 Å². The second-order valence-electron chi connectivity index (χ2n) is 7.12. The van der Waals surface area contributed by atoms with Gasteiger partial charge in [-0.25, -0.2) is 4.79 Å². The van der Waals surface area contributed by atoms with E-state index in [0.717, 1.165) is 24.8 Å². The predicted octanol–water partition coefficient (Wildman–Crippen LogP) is 2.25. The quantitative estimate of drug-likeness (QED) is 0.716. The molecule has 2 rings (SSSR count). The molecule has 1 unspecified atom stereocenters. The van der Waals surface area contributed by atoms with Gasteiger partial charge in [-0.3, -0.25) is 4.98 Å². The Balaban J connectivity index is 2.35. The van der Waals surface area contributed by atoms with Gasteiger partial charge in [-0.05, 0) is 54.7 Å². The Kier molecular flexibility index (Phi) is 5.42. The summed E-state index contributed by atoms with van der Waals surface area (Å²) in [4.78, 5) is 16.1. The highest BCUT2D eigenvalue weighted by molar-refractivity contribution is 5.78. The molecule has 0 saturated carbocycles. The summed E-state index contributed by atoms with van der Waals surface area (Å²) in [6.07, 6.45) is 5.18. The Morgan fingerprint density at radius 3 is 2.78 bits per heavy atom. The molecule has 0 amide bonds. The third-order valence-corrected chi connectivity index (χ3v) is 4.97. The van der Waals surface area contributed by atoms with Gasteiger partial charge in [0.05, 0.1) is 0 Å². The van der Waals surface area contributed by atoms with Crippen molar-refractivity contribution >= 4 is 5.97 Å². The van der Waals surface area contributed by atoms with Crippen LogP contribution in [0.25, 0.3) is 0 Å². The van der Waals surface area contributed by atoms with Gasteiger partial charge < -0.3 is 15.9 Å². The average molecular weight is 320 g/mol. The Hall–Kier alpha value is -1.46. The first-order chi connectivity index (χ1) is 10.8. The summed E-state index contributed by atoms with van der Waals surface area (Å²) in [6.45, 7) is 6.06. The summed E-state index contributed by atoms with van der Waals surface area (Å²) in [5, 5.41) is 20.4. The fraction of sp³-hybridized carbons (Fsp3) is 0.667. The summed E-state index contributed by atoms with van der Waals surface area (Å²) < 4.78 is 0. The maximum absolute atomic E-state index is 11.7. The van der Waals surface area contributed by atoms with Crippen LogP contribution in [0.2, 0.25) is 0 Å². The van der Waals surface area contributed by atoms with Gasteiger partial charge in [0.2, 0.25) is 0 Å². The smallest absolute Gasteiger partial charge is 0.337 e. The molecule has 0 aromatic carbocycles. The molecule has 3 atom stereocenters. The van der Waals surface area contributed by atoms with Crippen LogP contribution >= 0.6 is 0 Å². The van der Waals surface area contributed by atoms with E-state index >= 15 is 0 Å². The van der Waals surface area contributed by atoms with Gasteiger partial charge in [-0.2, -0.15) is 0 Å². The molecule has 0 aliphatic heterocycles. The lowest BCUT2D eigenvalue weighted by Crippen LogP contribution is -2.56. The van der Waals surface area contributed by atoms with Crippen LogP contribution in [-0.4, -0.2) is 32.8 Å². The third-order valence-electron chi connectivity index (χ3n) is 4.97. The number of aliphatic hydroxyl groups is 1. The summed E-state index contributed by atoms with van der Waals surface area (Å²) in [5.74, 6) is -0.655. The number of aryl methyl sites for hydroxylation is 1. The van der Waals surface area contributed by atoms with Gasteiger partial charge in [0.15, 0.2) is 5.60 Å². The number of aromatic nitrogens is 1. The average Bonchev–Trinajstić information content (AvgIpc) is 2.90. The first-order valence-electron chi connectivity index (χ1n) is 8.47. The van der Waals surface area contributed by atoms with Crippen LogP contribution in [0.3, 0.4) is 0 Å². The van der Waals surface area contributed by atoms with Gasteiger partial charge in [0.25, 0.3) is 0 Å². The molecule has 5 heteroatoms. The van der Waals surface area contributed by atoms with E-state index in [0.29, 0.717) is 18.0 Å². The Morgan fingerprint density at radius 2 is 2.22 bits per heavy atom. The Morgan fingerprint density at radius 1 is 1.52 bits per heavy atom. The number of carbonyl (C=O) groups is 1. The zero-order valence-electron chi connectivity index (χ0n) is 14.2. The van der Waals surface area contributed by atoms with Gasteiger partial charge in [0, 0.05) is 24.4 Å². The fourth-order valence-electron chi connectivity index (χ4n) is 3.62. The van der Waals surface area contributed by atoms with Crippen molar-refractivity contribution in [2.24, 2.45) is 11.7 Å². The van der Waals surface area contributed by atoms with Crippen LogP contribution in [0.15, 0.2) is 12.3 Å². The molecular formula is C18H28N2O3. The molecule has 4 N–H and O–H groups in total. The SMILES string of the molecule is CCC1CCc2ccnc(C[C@](O)(C(=O)O)[C@@H](N)CC(C)C)c21.